The third kappa shape index (κ3) is 3.43. The number of anilines is 1. The van der Waals surface area contributed by atoms with Crippen LogP contribution in [0.4, 0.5) is 17.1 Å². The predicted octanol–water partition coefficient (Wildman–Crippen LogP) is 3.72. The molecule has 9 heteroatoms. The summed E-state index contributed by atoms with van der Waals surface area (Å²) in [6.07, 6.45) is 0. The second kappa shape index (κ2) is 6.41. The molecule has 2 aromatic rings. The fourth-order valence-electron chi connectivity index (χ4n) is 1.93. The summed E-state index contributed by atoms with van der Waals surface area (Å²) in [4.78, 5) is 32.8. The molecular weight excluding hydrogens is 326 g/mol. The molecule has 118 valence electrons. The van der Waals surface area contributed by atoms with Crippen molar-refractivity contribution in [2.45, 2.75) is 6.92 Å². The van der Waals surface area contributed by atoms with Crippen LogP contribution in [0.3, 0.4) is 0 Å². The number of carbonyl (C=O) groups is 1. The second-order valence-electron chi connectivity index (χ2n) is 4.60. The molecular formula is C14H10ClN3O5. The standard InChI is InChI=1S/C14H10ClN3O5/c1-8-5-6-9(17(20)21)7-12(8)16-14(19)10-3-2-4-11(15)13(10)18(22)23/h2-7H,1H3,(H,16,19). The number of halogens is 1. The summed E-state index contributed by atoms with van der Waals surface area (Å²) >= 11 is 5.76. The van der Waals surface area contributed by atoms with Crippen LogP contribution in [0.25, 0.3) is 0 Å². The number of non-ortho nitro benzene ring substituents is 1. The van der Waals surface area contributed by atoms with Crippen molar-refractivity contribution in [3.8, 4) is 0 Å². The molecule has 0 heterocycles. The molecule has 0 bridgehead atoms. The van der Waals surface area contributed by atoms with Crippen LogP contribution >= 0.6 is 11.6 Å². The van der Waals surface area contributed by atoms with Crippen molar-refractivity contribution in [2.24, 2.45) is 0 Å². The van der Waals surface area contributed by atoms with Crippen LogP contribution in [-0.2, 0) is 0 Å². The van der Waals surface area contributed by atoms with Gasteiger partial charge in [-0.2, -0.15) is 0 Å². The van der Waals surface area contributed by atoms with E-state index in [1.54, 1.807) is 6.92 Å². The average Bonchev–Trinajstić information content (AvgIpc) is 2.48. The number of para-hydroxylation sites is 1. The highest BCUT2D eigenvalue weighted by Gasteiger charge is 2.24. The van der Waals surface area contributed by atoms with Crippen LogP contribution < -0.4 is 5.32 Å². The van der Waals surface area contributed by atoms with Gasteiger partial charge in [-0.25, -0.2) is 0 Å². The summed E-state index contributed by atoms with van der Waals surface area (Å²) in [6, 6.07) is 7.92. The number of hydrogen-bond donors (Lipinski definition) is 1. The summed E-state index contributed by atoms with van der Waals surface area (Å²) in [5.74, 6) is -0.775. The largest absolute Gasteiger partial charge is 0.321 e. The summed E-state index contributed by atoms with van der Waals surface area (Å²) in [5.41, 5.74) is -0.179. The first kappa shape index (κ1) is 16.4. The number of nitro groups is 2. The summed E-state index contributed by atoms with van der Waals surface area (Å²) in [6.45, 7) is 1.64. The Morgan fingerprint density at radius 2 is 1.83 bits per heavy atom. The van der Waals surface area contributed by atoms with Gasteiger partial charge in [-0.1, -0.05) is 23.7 Å². The SMILES string of the molecule is Cc1ccc([N+](=O)[O-])cc1NC(=O)c1cccc(Cl)c1[N+](=O)[O-]. The number of nitrogens with one attached hydrogen (secondary N) is 1. The Bertz CT molecular complexity index is 822. The van der Waals surface area contributed by atoms with Gasteiger partial charge in [0.15, 0.2) is 0 Å². The zero-order valence-electron chi connectivity index (χ0n) is 11.8. The maximum atomic E-state index is 12.3. The first-order chi connectivity index (χ1) is 10.8. The van der Waals surface area contributed by atoms with Gasteiger partial charge in [0.1, 0.15) is 10.6 Å². The number of rotatable bonds is 4. The van der Waals surface area contributed by atoms with Crippen LogP contribution in [0.2, 0.25) is 5.02 Å². The predicted molar refractivity (Wildman–Crippen MR) is 83.9 cm³/mol. The van der Waals surface area contributed by atoms with Crippen molar-refractivity contribution in [3.05, 3.63) is 72.8 Å². The number of hydrogen-bond acceptors (Lipinski definition) is 5. The monoisotopic (exact) mass is 335 g/mol. The lowest BCUT2D eigenvalue weighted by molar-refractivity contribution is -0.385. The van der Waals surface area contributed by atoms with Crippen molar-refractivity contribution in [1.82, 2.24) is 0 Å². The van der Waals surface area contributed by atoms with Crippen LogP contribution in [0.1, 0.15) is 15.9 Å². The fourth-order valence-corrected chi connectivity index (χ4v) is 2.18. The quantitative estimate of drug-likeness (QED) is 0.675. The van der Waals surface area contributed by atoms with E-state index in [-0.39, 0.29) is 22.0 Å². The maximum absolute atomic E-state index is 12.3. The number of carbonyl (C=O) groups excluding carboxylic acids is 1. The van der Waals surface area contributed by atoms with Crippen LogP contribution in [-0.4, -0.2) is 15.8 Å². The van der Waals surface area contributed by atoms with Gasteiger partial charge in [0.25, 0.3) is 11.6 Å². The second-order valence-corrected chi connectivity index (χ2v) is 5.01. The van der Waals surface area contributed by atoms with Gasteiger partial charge in [0, 0.05) is 12.1 Å². The zero-order valence-corrected chi connectivity index (χ0v) is 12.5. The Morgan fingerprint density at radius 3 is 2.43 bits per heavy atom. The molecule has 0 aliphatic carbocycles. The van der Waals surface area contributed by atoms with E-state index in [0.717, 1.165) is 0 Å². The lowest BCUT2D eigenvalue weighted by Crippen LogP contribution is -2.15. The highest BCUT2D eigenvalue weighted by molar-refractivity contribution is 6.33. The number of aryl methyl sites for hydroxylation is 1. The fraction of sp³-hybridized carbons (Fsp3) is 0.0714. The molecule has 1 amide bonds. The summed E-state index contributed by atoms with van der Waals surface area (Å²) < 4.78 is 0. The number of nitro benzene ring substituents is 2. The summed E-state index contributed by atoms with van der Waals surface area (Å²) in [5, 5.41) is 24.1. The van der Waals surface area contributed by atoms with Gasteiger partial charge in [-0.15, -0.1) is 0 Å². The number of benzene rings is 2. The lowest BCUT2D eigenvalue weighted by Gasteiger charge is -2.09. The molecule has 0 radical (unpaired) electrons. The zero-order chi connectivity index (χ0) is 17.1. The number of amides is 1. The first-order valence-electron chi connectivity index (χ1n) is 6.30. The Hall–Kier alpha value is -3.00. The third-order valence-corrected chi connectivity index (χ3v) is 3.40. The van der Waals surface area contributed by atoms with Gasteiger partial charge < -0.3 is 5.32 Å². The van der Waals surface area contributed by atoms with Crippen molar-refractivity contribution in [3.63, 3.8) is 0 Å². The summed E-state index contributed by atoms with van der Waals surface area (Å²) in [7, 11) is 0. The van der Waals surface area contributed by atoms with E-state index >= 15 is 0 Å². The molecule has 0 aliphatic rings. The Kier molecular flexibility index (Phi) is 4.56. The highest BCUT2D eigenvalue weighted by Crippen LogP contribution is 2.29. The number of nitrogens with zero attached hydrogens (tertiary/aromatic N) is 2. The van der Waals surface area contributed by atoms with Crippen molar-refractivity contribution < 1.29 is 14.6 Å². The molecule has 0 aliphatic heterocycles. The molecule has 0 atom stereocenters. The average molecular weight is 336 g/mol. The topological polar surface area (TPSA) is 115 Å². The Labute approximate surface area is 135 Å². The minimum atomic E-state index is -0.775. The van der Waals surface area contributed by atoms with E-state index in [1.807, 2.05) is 0 Å². The smallest absolute Gasteiger partial charge is 0.300 e. The van der Waals surface area contributed by atoms with E-state index in [2.05, 4.69) is 5.32 Å². The van der Waals surface area contributed by atoms with E-state index in [9.17, 15) is 25.0 Å². The van der Waals surface area contributed by atoms with Gasteiger partial charge in [0.05, 0.1) is 15.5 Å². The minimum absolute atomic E-state index is 0.168. The van der Waals surface area contributed by atoms with Crippen LogP contribution in [0, 0.1) is 27.2 Å². The molecule has 0 fully saturated rings. The Balaban J connectivity index is 2.41. The first-order valence-corrected chi connectivity index (χ1v) is 6.68. The molecule has 2 aromatic carbocycles. The lowest BCUT2D eigenvalue weighted by atomic mass is 10.1. The maximum Gasteiger partial charge on any atom is 0.300 e. The molecule has 2 rings (SSSR count). The molecule has 1 N–H and O–H groups in total. The van der Waals surface area contributed by atoms with Crippen LogP contribution in [0.5, 0.6) is 0 Å². The van der Waals surface area contributed by atoms with E-state index < -0.39 is 21.4 Å². The third-order valence-electron chi connectivity index (χ3n) is 3.09. The van der Waals surface area contributed by atoms with Gasteiger partial charge >= 0.3 is 5.69 Å². The van der Waals surface area contributed by atoms with E-state index in [0.29, 0.717) is 5.56 Å². The van der Waals surface area contributed by atoms with Crippen molar-refractivity contribution >= 4 is 34.6 Å². The molecule has 0 unspecified atom stereocenters. The molecule has 23 heavy (non-hydrogen) atoms. The van der Waals surface area contributed by atoms with E-state index in [1.165, 1.54) is 36.4 Å². The normalized spacial score (nSPS) is 10.2. The molecule has 0 aromatic heterocycles. The highest BCUT2D eigenvalue weighted by atomic mass is 35.5. The van der Waals surface area contributed by atoms with Gasteiger partial charge in [-0.3, -0.25) is 25.0 Å². The molecule has 0 spiro atoms. The van der Waals surface area contributed by atoms with Gasteiger partial charge in [-0.05, 0) is 24.6 Å². The van der Waals surface area contributed by atoms with Crippen LogP contribution in [0.15, 0.2) is 36.4 Å². The molecule has 0 saturated carbocycles. The van der Waals surface area contributed by atoms with Crippen molar-refractivity contribution in [1.29, 1.82) is 0 Å². The molecule has 0 saturated heterocycles. The van der Waals surface area contributed by atoms with Gasteiger partial charge in [0.2, 0.25) is 0 Å². The minimum Gasteiger partial charge on any atom is -0.321 e. The van der Waals surface area contributed by atoms with Crippen molar-refractivity contribution in [2.75, 3.05) is 5.32 Å². The van der Waals surface area contributed by atoms with E-state index in [4.69, 9.17) is 11.6 Å². The molecule has 8 nitrogen and oxygen atoms in total. The Morgan fingerprint density at radius 1 is 1.13 bits per heavy atom.